The van der Waals surface area contributed by atoms with Crippen molar-refractivity contribution < 1.29 is 0 Å². The van der Waals surface area contributed by atoms with Crippen LogP contribution in [-0.4, -0.2) is 15.8 Å². The van der Waals surface area contributed by atoms with Crippen molar-refractivity contribution in [3.63, 3.8) is 0 Å². The Hall–Kier alpha value is -0.830. The van der Waals surface area contributed by atoms with Gasteiger partial charge in [-0.05, 0) is 37.2 Å². The molecule has 3 nitrogen and oxygen atoms in total. The molecule has 3 heteroatoms. The molecule has 0 amide bonds. The highest BCUT2D eigenvalue weighted by atomic mass is 15.3. The lowest BCUT2D eigenvalue weighted by Crippen LogP contribution is -2.32. The summed E-state index contributed by atoms with van der Waals surface area (Å²) in [6, 6.07) is 2.48. The molecule has 0 radical (unpaired) electrons. The Bertz CT molecular complexity index is 352. The molecule has 0 bridgehead atoms. The van der Waals surface area contributed by atoms with Crippen molar-refractivity contribution in [3.8, 4) is 0 Å². The molecule has 1 heterocycles. The number of hydrogen-bond acceptors (Lipinski definition) is 2. The fourth-order valence-corrected chi connectivity index (χ4v) is 2.33. The number of nitrogens with zero attached hydrogens (tertiary/aromatic N) is 2. The molecule has 0 aromatic carbocycles. The largest absolute Gasteiger partial charge is 0.327 e. The predicted octanol–water partition coefficient (Wildman–Crippen LogP) is 1.90. The van der Waals surface area contributed by atoms with Gasteiger partial charge in [0.05, 0.1) is 5.69 Å². The monoisotopic (exact) mass is 221 g/mol. The van der Waals surface area contributed by atoms with E-state index < -0.39 is 0 Å². The molecular weight excluding hydrogens is 198 g/mol. The Labute approximate surface area is 98.0 Å². The minimum absolute atomic E-state index is 0.285. The minimum atomic E-state index is 0.285. The third kappa shape index (κ3) is 2.46. The molecule has 2 unspecified atom stereocenters. The third-order valence-corrected chi connectivity index (χ3v) is 3.88. The van der Waals surface area contributed by atoms with E-state index in [1.54, 1.807) is 0 Å². The lowest BCUT2D eigenvalue weighted by molar-refractivity contribution is 0.398. The molecule has 0 aliphatic heterocycles. The highest BCUT2D eigenvalue weighted by Crippen LogP contribution is 2.38. The fourth-order valence-electron chi connectivity index (χ4n) is 2.33. The summed E-state index contributed by atoms with van der Waals surface area (Å²) in [5.41, 5.74) is 8.71. The Morgan fingerprint density at radius 3 is 2.75 bits per heavy atom. The van der Waals surface area contributed by atoms with Crippen LogP contribution in [0.3, 0.4) is 0 Å². The Balaban J connectivity index is 1.98. The summed E-state index contributed by atoms with van der Waals surface area (Å²) in [5, 5.41) is 4.46. The van der Waals surface area contributed by atoms with Crippen LogP contribution in [0.4, 0.5) is 0 Å². The molecule has 2 atom stereocenters. The van der Waals surface area contributed by atoms with Crippen molar-refractivity contribution in [1.82, 2.24) is 9.78 Å². The molecule has 1 saturated carbocycles. The van der Waals surface area contributed by atoms with E-state index in [2.05, 4.69) is 25.0 Å². The second-order valence-electron chi connectivity index (χ2n) is 5.17. The lowest BCUT2D eigenvalue weighted by atomic mass is 9.94. The summed E-state index contributed by atoms with van der Waals surface area (Å²) < 4.78 is 1.98. The summed E-state index contributed by atoms with van der Waals surface area (Å²) in [5.74, 6) is 1.54. The molecule has 1 aromatic rings. The Morgan fingerprint density at radius 1 is 1.56 bits per heavy atom. The zero-order valence-electron chi connectivity index (χ0n) is 10.6. The standard InChI is InChI=1S/C13H23N3/c1-4-11-7-12(16(3)15-11)8-13(14)9(2)10-5-6-10/h7,9-10,13H,4-6,8,14H2,1-3H3. The van der Waals surface area contributed by atoms with Crippen LogP contribution in [0.2, 0.25) is 0 Å². The van der Waals surface area contributed by atoms with E-state index in [0.717, 1.165) is 18.8 Å². The molecule has 1 fully saturated rings. The average Bonchev–Trinajstić information content (AvgIpc) is 3.04. The van der Waals surface area contributed by atoms with Gasteiger partial charge in [-0.25, -0.2) is 0 Å². The molecule has 0 spiro atoms. The van der Waals surface area contributed by atoms with Crippen LogP contribution >= 0.6 is 0 Å². The van der Waals surface area contributed by atoms with Crippen LogP contribution in [0, 0.1) is 11.8 Å². The quantitative estimate of drug-likeness (QED) is 0.825. The van der Waals surface area contributed by atoms with Gasteiger partial charge in [0.1, 0.15) is 0 Å². The predicted molar refractivity (Wildman–Crippen MR) is 66.2 cm³/mol. The summed E-state index contributed by atoms with van der Waals surface area (Å²) in [6.07, 6.45) is 4.71. The maximum absolute atomic E-state index is 6.27. The topological polar surface area (TPSA) is 43.8 Å². The van der Waals surface area contributed by atoms with Crippen molar-refractivity contribution in [2.75, 3.05) is 0 Å². The van der Waals surface area contributed by atoms with Crippen LogP contribution < -0.4 is 5.73 Å². The van der Waals surface area contributed by atoms with Crippen molar-refractivity contribution in [1.29, 1.82) is 0 Å². The van der Waals surface area contributed by atoms with E-state index in [4.69, 9.17) is 5.73 Å². The highest BCUT2D eigenvalue weighted by molar-refractivity contribution is 5.12. The maximum atomic E-state index is 6.27. The van der Waals surface area contributed by atoms with E-state index in [0.29, 0.717) is 5.92 Å². The molecule has 0 saturated heterocycles. The first-order chi connectivity index (χ1) is 7.61. The summed E-state index contributed by atoms with van der Waals surface area (Å²) >= 11 is 0. The van der Waals surface area contributed by atoms with Gasteiger partial charge in [-0.3, -0.25) is 4.68 Å². The van der Waals surface area contributed by atoms with Gasteiger partial charge in [0.25, 0.3) is 0 Å². The average molecular weight is 221 g/mol. The minimum Gasteiger partial charge on any atom is -0.327 e. The Kier molecular flexibility index (Phi) is 3.33. The molecule has 1 aliphatic carbocycles. The zero-order chi connectivity index (χ0) is 11.7. The van der Waals surface area contributed by atoms with Crippen molar-refractivity contribution in [2.24, 2.45) is 24.6 Å². The third-order valence-electron chi connectivity index (χ3n) is 3.88. The van der Waals surface area contributed by atoms with E-state index in [9.17, 15) is 0 Å². The molecule has 2 N–H and O–H groups in total. The van der Waals surface area contributed by atoms with Gasteiger partial charge in [0, 0.05) is 25.2 Å². The highest BCUT2D eigenvalue weighted by Gasteiger charge is 2.31. The summed E-state index contributed by atoms with van der Waals surface area (Å²) in [6.45, 7) is 4.43. The molecule has 16 heavy (non-hydrogen) atoms. The van der Waals surface area contributed by atoms with Crippen molar-refractivity contribution in [3.05, 3.63) is 17.5 Å². The first-order valence-electron chi connectivity index (χ1n) is 6.39. The maximum Gasteiger partial charge on any atom is 0.0624 e. The first kappa shape index (κ1) is 11.6. The summed E-state index contributed by atoms with van der Waals surface area (Å²) in [7, 11) is 2.02. The van der Waals surface area contributed by atoms with Gasteiger partial charge in [-0.2, -0.15) is 5.10 Å². The van der Waals surface area contributed by atoms with E-state index in [1.807, 2.05) is 11.7 Å². The van der Waals surface area contributed by atoms with E-state index >= 15 is 0 Å². The van der Waals surface area contributed by atoms with Gasteiger partial charge in [-0.15, -0.1) is 0 Å². The zero-order valence-corrected chi connectivity index (χ0v) is 10.6. The van der Waals surface area contributed by atoms with Gasteiger partial charge >= 0.3 is 0 Å². The normalized spacial score (nSPS) is 19.8. The second-order valence-corrected chi connectivity index (χ2v) is 5.17. The smallest absolute Gasteiger partial charge is 0.0624 e. The Morgan fingerprint density at radius 2 is 2.25 bits per heavy atom. The van der Waals surface area contributed by atoms with Crippen molar-refractivity contribution in [2.45, 2.75) is 45.6 Å². The second kappa shape index (κ2) is 4.58. The fraction of sp³-hybridized carbons (Fsp3) is 0.769. The van der Waals surface area contributed by atoms with E-state index in [-0.39, 0.29) is 6.04 Å². The molecule has 1 aliphatic rings. The first-order valence-corrected chi connectivity index (χ1v) is 6.39. The van der Waals surface area contributed by atoms with Crippen LogP contribution in [-0.2, 0) is 19.9 Å². The number of hydrogen-bond donors (Lipinski definition) is 1. The van der Waals surface area contributed by atoms with Crippen LogP contribution in [0.5, 0.6) is 0 Å². The number of aromatic nitrogens is 2. The van der Waals surface area contributed by atoms with E-state index in [1.165, 1.54) is 24.2 Å². The van der Waals surface area contributed by atoms with Gasteiger partial charge in [0.15, 0.2) is 0 Å². The number of aryl methyl sites for hydroxylation is 2. The van der Waals surface area contributed by atoms with Crippen LogP contribution in [0.25, 0.3) is 0 Å². The number of nitrogens with two attached hydrogens (primary N) is 1. The van der Waals surface area contributed by atoms with Crippen molar-refractivity contribution >= 4 is 0 Å². The van der Waals surface area contributed by atoms with Gasteiger partial charge in [-0.1, -0.05) is 13.8 Å². The SMILES string of the molecule is CCc1cc(CC(N)C(C)C2CC2)n(C)n1. The lowest BCUT2D eigenvalue weighted by Gasteiger charge is -2.19. The molecule has 2 rings (SSSR count). The van der Waals surface area contributed by atoms with Crippen LogP contribution in [0.15, 0.2) is 6.07 Å². The molecule has 1 aromatic heterocycles. The summed E-state index contributed by atoms with van der Waals surface area (Å²) in [4.78, 5) is 0. The molecular formula is C13H23N3. The molecule has 90 valence electrons. The number of rotatable bonds is 5. The van der Waals surface area contributed by atoms with Gasteiger partial charge < -0.3 is 5.73 Å². The van der Waals surface area contributed by atoms with Gasteiger partial charge in [0.2, 0.25) is 0 Å². The van der Waals surface area contributed by atoms with Crippen LogP contribution in [0.1, 0.15) is 38.1 Å².